The molecular weight excluding hydrogens is 442 g/mol. The Morgan fingerprint density at radius 1 is 1.24 bits per heavy atom. The first kappa shape index (κ1) is 22.4. The van der Waals surface area contributed by atoms with Gasteiger partial charge in [0.15, 0.2) is 28.8 Å². The number of nitrogen functional groups attached to an aromatic ring is 1. The van der Waals surface area contributed by atoms with E-state index >= 15 is 0 Å². The molecule has 0 unspecified atom stereocenters. The number of carbonyl (C=O) groups excluding carboxylic acids is 1. The smallest absolute Gasteiger partial charge is 0.274 e. The zero-order valence-electron chi connectivity index (χ0n) is 18.3. The van der Waals surface area contributed by atoms with E-state index in [1.807, 2.05) is 12.1 Å². The van der Waals surface area contributed by atoms with Crippen LogP contribution >= 0.6 is 11.6 Å². The quantitative estimate of drug-likeness (QED) is 0.358. The molecule has 0 aliphatic heterocycles. The summed E-state index contributed by atoms with van der Waals surface area (Å²) < 4.78 is 1.57. The summed E-state index contributed by atoms with van der Waals surface area (Å²) in [6.45, 7) is 3.88. The molecule has 0 spiro atoms. The van der Waals surface area contributed by atoms with Crippen molar-refractivity contribution < 1.29 is 4.79 Å². The highest BCUT2D eigenvalue weighted by molar-refractivity contribution is 6.30. The van der Waals surface area contributed by atoms with Crippen LogP contribution in [0.25, 0.3) is 5.65 Å². The number of halogens is 1. The lowest BCUT2D eigenvalue weighted by Crippen LogP contribution is -2.30. The molecule has 1 amide bonds. The molecule has 170 valence electrons. The summed E-state index contributed by atoms with van der Waals surface area (Å²) in [5, 5.41) is 19.6. The molecule has 3 heterocycles. The average molecular weight is 466 g/mol. The number of amides is 1. The van der Waals surface area contributed by atoms with Crippen molar-refractivity contribution >= 4 is 40.5 Å². The molecule has 0 radical (unpaired) electrons. The minimum atomic E-state index is -0.512. The molecule has 1 atom stereocenters. The van der Waals surface area contributed by atoms with Crippen LogP contribution in [0.15, 0.2) is 42.6 Å². The summed E-state index contributed by atoms with van der Waals surface area (Å²) in [4.78, 5) is 21.4. The molecule has 4 aromatic rings. The standard InChI is InChI=1S/C22H24ClN9O/c1-3-4-7-16-12-25-20(24)19(28-16)22(33)26-13(2)21-30-29-18-10-9-17(31-32(18)21)27-15-8-5-6-14(23)11-15/h5-6,8-13H,3-4,7H2,1-2H3,(H2,24,25)(H,26,33)(H,27,31)/t13-/m1/s1. The highest BCUT2D eigenvalue weighted by Gasteiger charge is 2.21. The van der Waals surface area contributed by atoms with Gasteiger partial charge in [-0.05, 0) is 50.1 Å². The Balaban J connectivity index is 1.54. The number of hydrogen-bond donors (Lipinski definition) is 3. The number of carbonyl (C=O) groups is 1. The second-order valence-corrected chi connectivity index (χ2v) is 8.01. The van der Waals surface area contributed by atoms with Gasteiger partial charge in [0.25, 0.3) is 5.91 Å². The maximum atomic E-state index is 12.9. The number of nitrogens with one attached hydrogen (secondary N) is 2. The molecule has 0 aliphatic carbocycles. The van der Waals surface area contributed by atoms with Gasteiger partial charge >= 0.3 is 0 Å². The summed E-state index contributed by atoms with van der Waals surface area (Å²) >= 11 is 6.06. The van der Waals surface area contributed by atoms with E-state index in [0.717, 1.165) is 30.6 Å². The number of unbranched alkanes of at least 4 members (excludes halogenated alkanes) is 1. The monoisotopic (exact) mass is 465 g/mol. The number of aromatic nitrogens is 6. The Bertz CT molecular complexity index is 1290. The van der Waals surface area contributed by atoms with Gasteiger partial charge in [0.1, 0.15) is 0 Å². The Kier molecular flexibility index (Phi) is 6.64. The predicted octanol–water partition coefficient (Wildman–Crippen LogP) is 3.73. The van der Waals surface area contributed by atoms with E-state index in [4.69, 9.17) is 17.3 Å². The van der Waals surface area contributed by atoms with Crippen LogP contribution in [0.3, 0.4) is 0 Å². The second-order valence-electron chi connectivity index (χ2n) is 7.58. The van der Waals surface area contributed by atoms with Gasteiger partial charge in [0.2, 0.25) is 0 Å². The van der Waals surface area contributed by atoms with E-state index in [1.54, 1.807) is 41.9 Å². The van der Waals surface area contributed by atoms with Gasteiger partial charge in [-0.1, -0.05) is 31.0 Å². The zero-order chi connectivity index (χ0) is 23.4. The van der Waals surface area contributed by atoms with Crippen molar-refractivity contribution in [2.24, 2.45) is 0 Å². The third-order valence-electron chi connectivity index (χ3n) is 4.97. The van der Waals surface area contributed by atoms with Crippen LogP contribution < -0.4 is 16.4 Å². The molecule has 0 aliphatic rings. The molecule has 0 saturated carbocycles. The third kappa shape index (κ3) is 5.17. The van der Waals surface area contributed by atoms with Crippen molar-refractivity contribution in [3.8, 4) is 0 Å². The van der Waals surface area contributed by atoms with E-state index in [-0.39, 0.29) is 11.5 Å². The van der Waals surface area contributed by atoms with Gasteiger partial charge in [-0.3, -0.25) is 4.79 Å². The molecule has 3 aromatic heterocycles. The first-order valence-electron chi connectivity index (χ1n) is 10.6. The maximum Gasteiger partial charge on any atom is 0.274 e. The van der Waals surface area contributed by atoms with Gasteiger partial charge in [-0.15, -0.1) is 15.3 Å². The van der Waals surface area contributed by atoms with Crippen molar-refractivity contribution in [2.75, 3.05) is 11.1 Å². The van der Waals surface area contributed by atoms with E-state index < -0.39 is 11.9 Å². The second kappa shape index (κ2) is 9.78. The molecule has 11 heteroatoms. The SMILES string of the molecule is CCCCc1cnc(N)c(C(=O)N[C@H](C)c2nnc3ccc(Nc4cccc(Cl)c4)nn23)n1. The molecule has 33 heavy (non-hydrogen) atoms. The molecule has 0 bridgehead atoms. The lowest BCUT2D eigenvalue weighted by molar-refractivity contribution is 0.0933. The van der Waals surface area contributed by atoms with Gasteiger partial charge in [-0.2, -0.15) is 4.52 Å². The number of aryl methyl sites for hydroxylation is 1. The van der Waals surface area contributed by atoms with Crippen LogP contribution in [0.4, 0.5) is 17.3 Å². The Morgan fingerprint density at radius 3 is 2.88 bits per heavy atom. The summed E-state index contributed by atoms with van der Waals surface area (Å²) in [6.07, 6.45) is 4.32. The Hall–Kier alpha value is -3.79. The highest BCUT2D eigenvalue weighted by atomic mass is 35.5. The zero-order valence-corrected chi connectivity index (χ0v) is 19.0. The van der Waals surface area contributed by atoms with Crippen LogP contribution in [0.5, 0.6) is 0 Å². The molecular formula is C22H24ClN9O. The van der Waals surface area contributed by atoms with Crippen molar-refractivity contribution in [3.05, 3.63) is 64.8 Å². The van der Waals surface area contributed by atoms with Crippen LogP contribution in [0, 0.1) is 0 Å². The van der Waals surface area contributed by atoms with Crippen molar-refractivity contribution in [3.63, 3.8) is 0 Å². The molecule has 1 aromatic carbocycles. The van der Waals surface area contributed by atoms with E-state index in [1.165, 1.54) is 0 Å². The van der Waals surface area contributed by atoms with Crippen molar-refractivity contribution in [1.82, 2.24) is 35.1 Å². The first-order valence-corrected chi connectivity index (χ1v) is 11.0. The number of nitrogens with two attached hydrogens (primary N) is 1. The van der Waals surface area contributed by atoms with Crippen LogP contribution in [-0.2, 0) is 6.42 Å². The molecule has 0 saturated heterocycles. The van der Waals surface area contributed by atoms with Crippen molar-refractivity contribution in [2.45, 2.75) is 39.2 Å². The number of fused-ring (bicyclic) bond motifs is 1. The Morgan fingerprint density at radius 2 is 2.09 bits per heavy atom. The van der Waals surface area contributed by atoms with Crippen LogP contribution in [0.1, 0.15) is 54.7 Å². The van der Waals surface area contributed by atoms with E-state index in [0.29, 0.717) is 22.3 Å². The number of benzene rings is 1. The van der Waals surface area contributed by atoms with E-state index in [9.17, 15) is 4.79 Å². The summed E-state index contributed by atoms with van der Waals surface area (Å²) in [6, 6.07) is 10.4. The van der Waals surface area contributed by atoms with Gasteiger partial charge in [0.05, 0.1) is 17.9 Å². The number of anilines is 3. The fourth-order valence-electron chi connectivity index (χ4n) is 3.27. The lowest BCUT2D eigenvalue weighted by atomic mass is 10.2. The number of rotatable bonds is 8. The molecule has 0 fully saturated rings. The first-order chi connectivity index (χ1) is 15.9. The fourth-order valence-corrected chi connectivity index (χ4v) is 3.46. The molecule has 10 nitrogen and oxygen atoms in total. The highest BCUT2D eigenvalue weighted by Crippen LogP contribution is 2.20. The third-order valence-corrected chi connectivity index (χ3v) is 5.21. The number of hydrogen-bond acceptors (Lipinski definition) is 8. The number of nitrogens with zero attached hydrogens (tertiary/aromatic N) is 6. The Labute approximate surface area is 195 Å². The summed E-state index contributed by atoms with van der Waals surface area (Å²) in [5.74, 6) is 0.679. The summed E-state index contributed by atoms with van der Waals surface area (Å²) in [5.41, 5.74) is 8.08. The minimum absolute atomic E-state index is 0.0807. The molecule has 4 N–H and O–H groups in total. The fraction of sp³-hybridized carbons (Fsp3) is 0.273. The van der Waals surface area contributed by atoms with Gasteiger partial charge < -0.3 is 16.4 Å². The van der Waals surface area contributed by atoms with Gasteiger partial charge in [0, 0.05) is 10.7 Å². The van der Waals surface area contributed by atoms with Crippen LogP contribution in [0.2, 0.25) is 5.02 Å². The summed E-state index contributed by atoms with van der Waals surface area (Å²) in [7, 11) is 0. The minimum Gasteiger partial charge on any atom is -0.382 e. The maximum absolute atomic E-state index is 12.9. The lowest BCUT2D eigenvalue weighted by Gasteiger charge is -2.13. The van der Waals surface area contributed by atoms with E-state index in [2.05, 4.69) is 42.8 Å². The topological polar surface area (TPSA) is 136 Å². The van der Waals surface area contributed by atoms with Gasteiger partial charge in [-0.25, -0.2) is 9.97 Å². The predicted molar refractivity (Wildman–Crippen MR) is 126 cm³/mol. The normalized spacial score (nSPS) is 12.0. The average Bonchev–Trinajstić information content (AvgIpc) is 3.22. The largest absolute Gasteiger partial charge is 0.382 e. The van der Waals surface area contributed by atoms with Crippen LogP contribution in [-0.4, -0.2) is 35.7 Å². The molecule has 4 rings (SSSR count). The van der Waals surface area contributed by atoms with Crippen molar-refractivity contribution in [1.29, 1.82) is 0 Å².